The monoisotopic (exact) mass is 230 g/mol. The lowest BCUT2D eigenvalue weighted by molar-refractivity contribution is -0.0444. The molecule has 1 saturated carbocycles. The predicted molar refractivity (Wildman–Crippen MR) is 65.3 cm³/mol. The van der Waals surface area contributed by atoms with Crippen LogP contribution in [0.1, 0.15) is 12.8 Å². The number of rotatable bonds is 4. The van der Waals surface area contributed by atoms with Crippen molar-refractivity contribution in [1.29, 1.82) is 0 Å². The van der Waals surface area contributed by atoms with Crippen LogP contribution in [0.3, 0.4) is 0 Å². The molecule has 1 rings (SSSR count). The van der Waals surface area contributed by atoms with Gasteiger partial charge in [-0.25, -0.2) is 0 Å². The van der Waals surface area contributed by atoms with E-state index in [2.05, 4.69) is 9.80 Å². The van der Waals surface area contributed by atoms with Gasteiger partial charge in [0.25, 0.3) is 0 Å². The van der Waals surface area contributed by atoms with Crippen LogP contribution in [-0.2, 0) is 0 Å². The maximum atomic E-state index is 10.1. The molecule has 0 aromatic heterocycles. The van der Waals surface area contributed by atoms with E-state index in [1.165, 1.54) is 0 Å². The Labute approximate surface area is 98.9 Å². The van der Waals surface area contributed by atoms with Crippen molar-refractivity contribution in [2.24, 2.45) is 11.8 Å². The standard InChI is InChI=1S/C12H26N2O2/c1-13(2)7-9-5-12(16)10(6-11(9)15)8-14(3)4/h9-12,15-16H,5-8H2,1-4H3/t9-,10-,11-,12+/m0/s1. The fraction of sp³-hybridized carbons (Fsp3) is 1.00. The van der Waals surface area contributed by atoms with Gasteiger partial charge in [0, 0.05) is 13.1 Å². The van der Waals surface area contributed by atoms with Gasteiger partial charge >= 0.3 is 0 Å². The summed E-state index contributed by atoms with van der Waals surface area (Å²) in [7, 11) is 8.02. The summed E-state index contributed by atoms with van der Waals surface area (Å²) in [5.74, 6) is 0.423. The zero-order chi connectivity index (χ0) is 12.3. The molecule has 4 nitrogen and oxygen atoms in total. The molecule has 16 heavy (non-hydrogen) atoms. The molecule has 1 aliphatic carbocycles. The first-order valence-corrected chi connectivity index (χ1v) is 6.05. The van der Waals surface area contributed by atoms with Crippen LogP contribution in [0.4, 0.5) is 0 Å². The fourth-order valence-electron chi connectivity index (χ4n) is 2.65. The molecule has 0 radical (unpaired) electrons. The second-order valence-corrected chi connectivity index (χ2v) is 5.65. The second-order valence-electron chi connectivity index (χ2n) is 5.65. The van der Waals surface area contributed by atoms with E-state index in [4.69, 9.17) is 0 Å². The van der Waals surface area contributed by atoms with Crippen molar-refractivity contribution in [3.63, 3.8) is 0 Å². The lowest BCUT2D eigenvalue weighted by Gasteiger charge is -2.39. The SMILES string of the molecule is CN(C)C[C@@H]1C[C@H](O)[C@H](CN(C)C)C[C@H]1O. The fourth-order valence-corrected chi connectivity index (χ4v) is 2.65. The number of aliphatic hydroxyl groups excluding tert-OH is 2. The minimum absolute atomic E-state index is 0.211. The Morgan fingerprint density at radius 3 is 1.38 bits per heavy atom. The first kappa shape index (κ1) is 13.9. The molecule has 0 aromatic carbocycles. The van der Waals surface area contributed by atoms with Gasteiger partial charge in [-0.15, -0.1) is 0 Å². The van der Waals surface area contributed by atoms with Crippen molar-refractivity contribution < 1.29 is 10.2 Å². The van der Waals surface area contributed by atoms with Gasteiger partial charge in [0.2, 0.25) is 0 Å². The average molecular weight is 230 g/mol. The largest absolute Gasteiger partial charge is 0.393 e. The molecular weight excluding hydrogens is 204 g/mol. The summed E-state index contributed by atoms with van der Waals surface area (Å²) >= 11 is 0. The molecule has 4 heteroatoms. The van der Waals surface area contributed by atoms with Crippen LogP contribution in [0.25, 0.3) is 0 Å². The molecule has 0 amide bonds. The average Bonchev–Trinajstić information content (AvgIpc) is 2.11. The van der Waals surface area contributed by atoms with Crippen LogP contribution >= 0.6 is 0 Å². The van der Waals surface area contributed by atoms with E-state index < -0.39 is 0 Å². The summed E-state index contributed by atoms with van der Waals surface area (Å²) in [4.78, 5) is 4.15. The van der Waals surface area contributed by atoms with Crippen LogP contribution in [0.5, 0.6) is 0 Å². The highest BCUT2D eigenvalue weighted by Crippen LogP contribution is 2.30. The number of hydrogen-bond donors (Lipinski definition) is 2. The van der Waals surface area contributed by atoms with Crippen LogP contribution in [-0.4, -0.2) is 73.5 Å². The zero-order valence-corrected chi connectivity index (χ0v) is 10.9. The van der Waals surface area contributed by atoms with Crippen LogP contribution in [0.2, 0.25) is 0 Å². The maximum Gasteiger partial charge on any atom is 0.0585 e. The van der Waals surface area contributed by atoms with Gasteiger partial charge in [-0.1, -0.05) is 0 Å². The molecule has 1 fully saturated rings. The molecule has 0 heterocycles. The Hall–Kier alpha value is -0.160. The quantitative estimate of drug-likeness (QED) is 0.705. The third kappa shape index (κ3) is 4.01. The Kier molecular flexibility index (Phi) is 5.18. The van der Waals surface area contributed by atoms with Crippen LogP contribution in [0, 0.1) is 11.8 Å². The summed E-state index contributed by atoms with van der Waals surface area (Å²) < 4.78 is 0. The van der Waals surface area contributed by atoms with E-state index in [9.17, 15) is 10.2 Å². The van der Waals surface area contributed by atoms with E-state index in [1.807, 2.05) is 28.2 Å². The van der Waals surface area contributed by atoms with E-state index in [1.54, 1.807) is 0 Å². The molecule has 0 spiro atoms. The third-order valence-electron chi connectivity index (χ3n) is 3.38. The van der Waals surface area contributed by atoms with E-state index in [0.717, 1.165) is 25.9 Å². The van der Waals surface area contributed by atoms with Gasteiger partial charge in [0.05, 0.1) is 12.2 Å². The maximum absolute atomic E-state index is 10.1. The third-order valence-corrected chi connectivity index (χ3v) is 3.38. The molecule has 4 atom stereocenters. The summed E-state index contributed by atoms with van der Waals surface area (Å²) in [5, 5.41) is 20.1. The molecule has 0 saturated heterocycles. The lowest BCUT2D eigenvalue weighted by Crippen LogP contribution is -2.45. The normalized spacial score (nSPS) is 36.0. The Morgan fingerprint density at radius 2 is 1.12 bits per heavy atom. The van der Waals surface area contributed by atoms with E-state index >= 15 is 0 Å². The van der Waals surface area contributed by atoms with Crippen molar-refractivity contribution in [3.8, 4) is 0 Å². The van der Waals surface area contributed by atoms with Gasteiger partial charge < -0.3 is 20.0 Å². The van der Waals surface area contributed by atoms with Crippen molar-refractivity contribution >= 4 is 0 Å². The first-order chi connectivity index (χ1) is 7.40. The summed E-state index contributed by atoms with van der Waals surface area (Å²) in [6, 6.07) is 0. The van der Waals surface area contributed by atoms with Gasteiger partial charge in [-0.3, -0.25) is 0 Å². The smallest absolute Gasteiger partial charge is 0.0585 e. The molecule has 0 aromatic rings. The lowest BCUT2D eigenvalue weighted by atomic mass is 9.77. The van der Waals surface area contributed by atoms with Crippen LogP contribution < -0.4 is 0 Å². The summed E-state index contributed by atoms with van der Waals surface area (Å²) in [6.07, 6.45) is 0.905. The Balaban J connectivity index is 2.49. The number of hydrogen-bond acceptors (Lipinski definition) is 4. The van der Waals surface area contributed by atoms with Gasteiger partial charge in [0.1, 0.15) is 0 Å². The molecule has 1 aliphatic rings. The van der Waals surface area contributed by atoms with Crippen molar-refractivity contribution in [2.75, 3.05) is 41.3 Å². The Morgan fingerprint density at radius 1 is 0.812 bits per heavy atom. The highest BCUT2D eigenvalue weighted by molar-refractivity contribution is 4.87. The molecule has 0 unspecified atom stereocenters. The van der Waals surface area contributed by atoms with E-state index in [-0.39, 0.29) is 24.0 Å². The Bertz CT molecular complexity index is 187. The topological polar surface area (TPSA) is 46.9 Å². The minimum atomic E-state index is -0.268. The highest BCUT2D eigenvalue weighted by Gasteiger charge is 2.35. The van der Waals surface area contributed by atoms with Crippen molar-refractivity contribution in [2.45, 2.75) is 25.0 Å². The van der Waals surface area contributed by atoms with E-state index in [0.29, 0.717) is 0 Å². The number of aliphatic hydroxyl groups is 2. The molecule has 96 valence electrons. The van der Waals surface area contributed by atoms with Crippen LogP contribution in [0.15, 0.2) is 0 Å². The second kappa shape index (κ2) is 5.96. The molecule has 2 N–H and O–H groups in total. The highest BCUT2D eigenvalue weighted by atomic mass is 16.3. The van der Waals surface area contributed by atoms with Gasteiger partial charge in [-0.05, 0) is 52.9 Å². The summed E-state index contributed by atoms with van der Waals surface area (Å²) in [6.45, 7) is 1.71. The molecule has 0 aliphatic heterocycles. The van der Waals surface area contributed by atoms with Gasteiger partial charge in [0.15, 0.2) is 0 Å². The van der Waals surface area contributed by atoms with Gasteiger partial charge in [-0.2, -0.15) is 0 Å². The minimum Gasteiger partial charge on any atom is -0.393 e. The zero-order valence-electron chi connectivity index (χ0n) is 10.9. The molecule has 0 bridgehead atoms. The number of nitrogens with zero attached hydrogens (tertiary/aromatic N) is 2. The van der Waals surface area contributed by atoms with Crippen molar-refractivity contribution in [3.05, 3.63) is 0 Å². The molecular formula is C12H26N2O2. The summed E-state index contributed by atoms with van der Waals surface area (Å²) in [5.41, 5.74) is 0. The first-order valence-electron chi connectivity index (χ1n) is 6.05. The van der Waals surface area contributed by atoms with Crippen molar-refractivity contribution in [1.82, 2.24) is 9.80 Å². The predicted octanol–water partition coefficient (Wildman–Crippen LogP) is -0.142.